The van der Waals surface area contributed by atoms with E-state index in [4.69, 9.17) is 5.41 Å². The molecule has 2 aromatic heterocycles. The van der Waals surface area contributed by atoms with Gasteiger partial charge in [0, 0.05) is 17.6 Å². The Morgan fingerprint density at radius 1 is 1.38 bits per heavy atom. The van der Waals surface area contributed by atoms with Crippen LogP contribution in [0.1, 0.15) is 44.7 Å². The number of fused-ring (bicyclic) bond motifs is 3. The number of nitrogens with one attached hydrogen (secondary N) is 3. The van der Waals surface area contributed by atoms with E-state index < -0.39 is 5.60 Å². The molecule has 2 bridgehead atoms. The molecule has 2 saturated carbocycles. The molecule has 4 rings (SSSR count). The van der Waals surface area contributed by atoms with Crippen molar-refractivity contribution in [2.75, 3.05) is 5.32 Å². The van der Waals surface area contributed by atoms with Crippen molar-refractivity contribution in [3.8, 4) is 0 Å². The monoisotopic (exact) mass is 484 g/mol. The lowest BCUT2D eigenvalue weighted by molar-refractivity contribution is 0.0521. The number of rotatable bonds is 6. The highest BCUT2D eigenvalue weighted by atomic mass is 127. The SMILES string of the molecule is C/C(=C/C(=N)c1cnc2ccc(NC34CCC(O)(CC3)C4)nn12)NPI. The van der Waals surface area contributed by atoms with Crippen LogP contribution in [-0.2, 0) is 0 Å². The van der Waals surface area contributed by atoms with Crippen molar-refractivity contribution in [1.82, 2.24) is 19.7 Å². The Labute approximate surface area is 166 Å². The number of aliphatic hydroxyl groups is 1. The van der Waals surface area contributed by atoms with Crippen LogP contribution >= 0.6 is 28.4 Å². The Bertz CT molecular complexity index is 887. The van der Waals surface area contributed by atoms with E-state index in [1.165, 1.54) is 0 Å². The van der Waals surface area contributed by atoms with Crippen LogP contribution in [0.4, 0.5) is 5.82 Å². The number of halogens is 1. The van der Waals surface area contributed by atoms with E-state index in [-0.39, 0.29) is 5.54 Å². The molecule has 0 aromatic carbocycles. The summed E-state index contributed by atoms with van der Waals surface area (Å²) in [5.41, 5.74) is 2.16. The second-order valence-corrected chi connectivity index (χ2v) is 9.46. The summed E-state index contributed by atoms with van der Waals surface area (Å²) < 4.78 is 1.72. The van der Waals surface area contributed by atoms with Gasteiger partial charge in [-0.1, -0.05) is 0 Å². The van der Waals surface area contributed by atoms with Crippen molar-refractivity contribution in [2.45, 2.75) is 50.2 Å². The number of hydrogen-bond donors (Lipinski definition) is 4. The summed E-state index contributed by atoms with van der Waals surface area (Å²) in [7, 11) is 0. The van der Waals surface area contributed by atoms with Crippen LogP contribution in [0, 0.1) is 5.41 Å². The maximum absolute atomic E-state index is 10.5. The van der Waals surface area contributed by atoms with Gasteiger partial charge < -0.3 is 15.5 Å². The molecule has 9 heteroatoms. The second kappa shape index (κ2) is 6.73. The molecule has 2 aliphatic rings. The summed E-state index contributed by atoms with van der Waals surface area (Å²) in [5.74, 6) is 0.767. The average molecular weight is 484 g/mol. The molecule has 0 saturated heterocycles. The summed E-state index contributed by atoms with van der Waals surface area (Å²) in [6.07, 6.45) is 8.50. The van der Waals surface area contributed by atoms with Crippen LogP contribution in [0.15, 0.2) is 30.1 Å². The van der Waals surface area contributed by atoms with E-state index in [0.29, 0.717) is 17.8 Å². The zero-order valence-corrected chi connectivity index (χ0v) is 17.7. The van der Waals surface area contributed by atoms with Gasteiger partial charge in [-0.3, -0.25) is 5.41 Å². The molecule has 2 aromatic rings. The van der Waals surface area contributed by atoms with Crippen molar-refractivity contribution in [3.05, 3.63) is 35.8 Å². The predicted molar refractivity (Wildman–Crippen MR) is 113 cm³/mol. The van der Waals surface area contributed by atoms with Gasteiger partial charge in [0.05, 0.1) is 17.5 Å². The lowest BCUT2D eigenvalue weighted by Gasteiger charge is -2.28. The van der Waals surface area contributed by atoms with Crippen LogP contribution < -0.4 is 10.4 Å². The van der Waals surface area contributed by atoms with Gasteiger partial charge in [-0.2, -0.15) is 0 Å². The zero-order chi connectivity index (χ0) is 18.4. The van der Waals surface area contributed by atoms with E-state index in [2.05, 4.69) is 42.5 Å². The molecule has 26 heavy (non-hydrogen) atoms. The maximum atomic E-state index is 10.5. The molecule has 0 aliphatic heterocycles. The minimum absolute atomic E-state index is 0.0503. The van der Waals surface area contributed by atoms with Gasteiger partial charge in [0.2, 0.25) is 0 Å². The molecule has 2 fully saturated rings. The van der Waals surface area contributed by atoms with Gasteiger partial charge in [0.25, 0.3) is 0 Å². The van der Waals surface area contributed by atoms with Gasteiger partial charge in [-0.05, 0) is 79.3 Å². The Morgan fingerprint density at radius 3 is 2.81 bits per heavy atom. The smallest absolute Gasteiger partial charge is 0.154 e. The third-order valence-electron chi connectivity index (χ3n) is 5.44. The van der Waals surface area contributed by atoms with Crippen LogP contribution in [-0.4, -0.2) is 36.6 Å². The molecule has 2 heterocycles. The molecule has 7 nitrogen and oxygen atoms in total. The molecular weight excluding hydrogens is 462 g/mol. The normalized spacial score (nSPS) is 28.3. The Hall–Kier alpha value is -1.25. The summed E-state index contributed by atoms with van der Waals surface area (Å²) >= 11 is 2.26. The van der Waals surface area contributed by atoms with Crippen molar-refractivity contribution in [1.29, 1.82) is 5.41 Å². The number of aromatic nitrogens is 3. The van der Waals surface area contributed by atoms with Crippen molar-refractivity contribution in [2.24, 2.45) is 0 Å². The van der Waals surface area contributed by atoms with Gasteiger partial charge in [-0.15, -0.1) is 5.10 Å². The first-order chi connectivity index (χ1) is 12.4. The predicted octanol–water partition coefficient (Wildman–Crippen LogP) is 3.39. The molecule has 138 valence electrons. The third-order valence-corrected chi connectivity index (χ3v) is 6.74. The fraction of sp³-hybridized carbons (Fsp3) is 0.471. The molecule has 1 atom stereocenters. The Balaban J connectivity index is 1.61. The first-order valence-electron chi connectivity index (χ1n) is 8.66. The van der Waals surface area contributed by atoms with E-state index >= 15 is 0 Å². The topological polar surface area (TPSA) is 98.3 Å². The highest BCUT2D eigenvalue weighted by molar-refractivity contribution is 14.2. The number of imidazole rings is 1. The van der Waals surface area contributed by atoms with Crippen LogP contribution in [0.5, 0.6) is 0 Å². The summed E-state index contributed by atoms with van der Waals surface area (Å²) in [6.45, 7) is 1.95. The van der Waals surface area contributed by atoms with Crippen molar-refractivity contribution >= 4 is 45.6 Å². The second-order valence-electron chi connectivity index (χ2n) is 7.40. The standard InChI is InChI=1S/C17H22IN6OP/c1-11(23-26-18)8-12(19)13-9-20-15-3-2-14(22-24(13)15)21-16-4-6-17(25,10-16)7-5-16/h2-3,8-9,19,23,25-26H,4-7,10H2,1H3,(H,21,22)/b11-8-,19-12?. The van der Waals surface area contributed by atoms with Crippen molar-refractivity contribution < 1.29 is 5.11 Å². The van der Waals surface area contributed by atoms with E-state index in [9.17, 15) is 5.11 Å². The summed E-state index contributed by atoms with van der Waals surface area (Å²) in [5, 5.41) is 30.3. The average Bonchev–Trinajstić information content (AvgIpc) is 3.25. The fourth-order valence-corrected chi connectivity index (χ4v) is 5.64. The van der Waals surface area contributed by atoms with Gasteiger partial charge in [0.15, 0.2) is 5.65 Å². The minimum Gasteiger partial charge on any atom is -0.390 e. The highest BCUT2D eigenvalue weighted by Crippen LogP contribution is 2.51. The van der Waals surface area contributed by atoms with Gasteiger partial charge in [-0.25, -0.2) is 9.50 Å². The van der Waals surface area contributed by atoms with Crippen LogP contribution in [0.2, 0.25) is 0 Å². The van der Waals surface area contributed by atoms with Crippen molar-refractivity contribution in [3.63, 3.8) is 0 Å². The zero-order valence-electron chi connectivity index (χ0n) is 14.5. The highest BCUT2D eigenvalue weighted by Gasteiger charge is 2.53. The molecule has 2 aliphatic carbocycles. The number of nitrogens with zero attached hydrogens (tertiary/aromatic N) is 3. The van der Waals surface area contributed by atoms with Crippen LogP contribution in [0.3, 0.4) is 0 Å². The van der Waals surface area contributed by atoms with E-state index in [1.54, 1.807) is 16.8 Å². The Morgan fingerprint density at radius 2 is 2.15 bits per heavy atom. The summed E-state index contributed by atoms with van der Waals surface area (Å²) in [4.78, 5) is 4.37. The maximum Gasteiger partial charge on any atom is 0.154 e. The number of allylic oxidation sites excluding steroid dienone is 2. The number of hydrogen-bond acceptors (Lipinski definition) is 6. The fourth-order valence-electron chi connectivity index (χ4n) is 4.14. The van der Waals surface area contributed by atoms with E-state index in [1.807, 2.05) is 19.1 Å². The lowest BCUT2D eigenvalue weighted by atomic mass is 9.93. The molecule has 4 N–H and O–H groups in total. The van der Waals surface area contributed by atoms with Crippen LogP contribution in [0.25, 0.3) is 5.65 Å². The largest absolute Gasteiger partial charge is 0.390 e. The molecule has 0 spiro atoms. The molecule has 1 unspecified atom stereocenters. The van der Waals surface area contributed by atoms with Gasteiger partial charge >= 0.3 is 0 Å². The first kappa shape index (κ1) is 18.1. The third kappa shape index (κ3) is 3.34. The lowest BCUT2D eigenvalue weighted by Crippen LogP contribution is -2.33. The van der Waals surface area contributed by atoms with Gasteiger partial charge in [0.1, 0.15) is 11.5 Å². The van der Waals surface area contributed by atoms with E-state index in [0.717, 1.165) is 49.3 Å². The number of anilines is 1. The molecule has 0 amide bonds. The quantitative estimate of drug-likeness (QED) is 0.286. The summed E-state index contributed by atoms with van der Waals surface area (Å²) in [6, 6.07) is 3.85. The minimum atomic E-state index is -0.492. The first-order valence-corrected chi connectivity index (χ1v) is 12.8. The Kier molecular flexibility index (Phi) is 4.69. The molecule has 0 radical (unpaired) electrons. The molecular formula is C17H22IN6OP.